The highest BCUT2D eigenvalue weighted by molar-refractivity contribution is 5.69. The van der Waals surface area contributed by atoms with Gasteiger partial charge in [-0.1, -0.05) is 20.8 Å². The predicted octanol–water partition coefficient (Wildman–Crippen LogP) is 3.15. The minimum atomic E-state index is -0.786. The molecule has 24 heavy (non-hydrogen) atoms. The monoisotopic (exact) mass is 340 g/mol. The molecule has 136 valence electrons. The Morgan fingerprint density at radius 3 is 2.75 bits per heavy atom. The van der Waals surface area contributed by atoms with Crippen molar-refractivity contribution in [3.8, 4) is 0 Å². The first-order valence-electron chi connectivity index (χ1n) is 9.29. The summed E-state index contributed by atoms with van der Waals surface area (Å²) in [5.41, 5.74) is -0.581. The zero-order valence-electron chi connectivity index (χ0n) is 14.9. The second-order valence-electron chi connectivity index (χ2n) is 8.18. The highest BCUT2D eigenvalue weighted by atomic mass is 17.3. The van der Waals surface area contributed by atoms with Gasteiger partial charge in [0.2, 0.25) is 12.1 Å². The first-order chi connectivity index (χ1) is 11.4. The van der Waals surface area contributed by atoms with Gasteiger partial charge in [0, 0.05) is 30.6 Å². The number of fused-ring (bicyclic) bond motifs is 1. The molecule has 0 amide bonds. The molecular formula is C18H28O6. The molecule has 1 saturated carbocycles. The van der Waals surface area contributed by atoms with E-state index in [4.69, 9.17) is 24.0 Å². The molecule has 0 aromatic heterocycles. The van der Waals surface area contributed by atoms with Gasteiger partial charge < -0.3 is 14.2 Å². The lowest BCUT2D eigenvalue weighted by Crippen LogP contribution is -2.76. The largest absolute Gasteiger partial charge is 0.435 e. The summed E-state index contributed by atoms with van der Waals surface area (Å²) in [4.78, 5) is 23.6. The van der Waals surface area contributed by atoms with Crippen LogP contribution >= 0.6 is 0 Å². The van der Waals surface area contributed by atoms with E-state index in [9.17, 15) is 4.79 Å². The molecule has 1 aliphatic carbocycles. The zero-order valence-corrected chi connectivity index (χ0v) is 14.9. The van der Waals surface area contributed by atoms with E-state index in [-0.39, 0.29) is 17.8 Å². The molecule has 0 aromatic rings. The van der Waals surface area contributed by atoms with Crippen LogP contribution in [0.2, 0.25) is 0 Å². The summed E-state index contributed by atoms with van der Waals surface area (Å²) < 4.78 is 17.8. The molecule has 4 heterocycles. The fourth-order valence-corrected chi connectivity index (χ4v) is 5.21. The van der Waals surface area contributed by atoms with Crippen molar-refractivity contribution >= 4 is 5.97 Å². The Kier molecular flexibility index (Phi) is 3.95. The first-order valence-corrected chi connectivity index (χ1v) is 9.29. The molecule has 1 spiro atoms. The highest BCUT2D eigenvalue weighted by Gasteiger charge is 2.72. The van der Waals surface area contributed by atoms with Crippen molar-refractivity contribution in [2.24, 2.45) is 23.7 Å². The molecule has 5 rings (SSSR count). The third-order valence-corrected chi connectivity index (χ3v) is 6.48. The third kappa shape index (κ3) is 2.26. The molecular weight excluding hydrogens is 312 g/mol. The lowest BCUT2D eigenvalue weighted by molar-refractivity contribution is -0.614. The van der Waals surface area contributed by atoms with Crippen LogP contribution in [0.5, 0.6) is 0 Å². The molecule has 0 N–H and O–H groups in total. The highest BCUT2D eigenvalue weighted by Crippen LogP contribution is 2.62. The molecule has 5 fully saturated rings. The fourth-order valence-electron chi connectivity index (χ4n) is 5.21. The normalized spacial score (nSPS) is 52.7. The Morgan fingerprint density at radius 2 is 2.00 bits per heavy atom. The van der Waals surface area contributed by atoms with Crippen LogP contribution in [0.4, 0.5) is 0 Å². The smallest absolute Gasteiger partial charge is 0.308 e. The van der Waals surface area contributed by atoms with Crippen LogP contribution in [0, 0.1) is 23.7 Å². The van der Waals surface area contributed by atoms with Gasteiger partial charge >= 0.3 is 5.97 Å². The van der Waals surface area contributed by atoms with Gasteiger partial charge in [0.15, 0.2) is 11.9 Å². The first kappa shape index (κ1) is 16.8. The predicted molar refractivity (Wildman–Crippen MR) is 83.2 cm³/mol. The van der Waals surface area contributed by atoms with Crippen LogP contribution in [-0.4, -0.2) is 29.9 Å². The molecule has 4 saturated heterocycles. The Labute approximate surface area is 143 Å². The van der Waals surface area contributed by atoms with Gasteiger partial charge in [-0.2, -0.15) is 0 Å². The number of carbonyl (C=O) groups excluding carboxylic acids is 1. The maximum absolute atomic E-state index is 12.0. The van der Waals surface area contributed by atoms with Crippen molar-refractivity contribution in [3.63, 3.8) is 0 Å². The third-order valence-electron chi connectivity index (χ3n) is 6.48. The van der Waals surface area contributed by atoms with Gasteiger partial charge in [0.1, 0.15) is 0 Å². The summed E-state index contributed by atoms with van der Waals surface area (Å²) in [6.07, 6.45) is 3.01. The molecule has 6 heteroatoms. The van der Waals surface area contributed by atoms with E-state index in [0.717, 1.165) is 25.7 Å². The van der Waals surface area contributed by atoms with Crippen LogP contribution in [0.1, 0.15) is 59.8 Å². The lowest BCUT2D eigenvalue weighted by atomic mass is 9.56. The van der Waals surface area contributed by atoms with E-state index in [1.807, 2.05) is 13.8 Å². The molecule has 8 atom stereocenters. The molecule has 2 bridgehead atoms. The molecule has 0 radical (unpaired) electrons. The van der Waals surface area contributed by atoms with Gasteiger partial charge in [0.05, 0.1) is 0 Å². The average Bonchev–Trinajstić information content (AvgIpc) is 2.53. The van der Waals surface area contributed by atoms with E-state index in [1.54, 1.807) is 0 Å². The summed E-state index contributed by atoms with van der Waals surface area (Å²) >= 11 is 0. The van der Waals surface area contributed by atoms with E-state index < -0.39 is 24.0 Å². The Hall–Kier alpha value is -0.690. The van der Waals surface area contributed by atoms with Crippen molar-refractivity contribution in [1.29, 1.82) is 0 Å². The Morgan fingerprint density at radius 1 is 1.21 bits per heavy atom. The van der Waals surface area contributed by atoms with Crippen molar-refractivity contribution in [3.05, 3.63) is 0 Å². The average molecular weight is 340 g/mol. The molecule has 4 unspecified atom stereocenters. The maximum Gasteiger partial charge on any atom is 0.308 e. The van der Waals surface area contributed by atoms with Gasteiger partial charge in [-0.25, -0.2) is 9.78 Å². The lowest BCUT2D eigenvalue weighted by Gasteiger charge is -2.66. The summed E-state index contributed by atoms with van der Waals surface area (Å²) in [6.45, 7) is 8.21. The second-order valence-corrected chi connectivity index (χ2v) is 8.18. The second kappa shape index (κ2) is 5.66. The number of hydrogen-bond donors (Lipinski definition) is 0. The maximum atomic E-state index is 12.0. The number of esters is 1. The van der Waals surface area contributed by atoms with Crippen LogP contribution in [-0.2, 0) is 28.8 Å². The van der Waals surface area contributed by atoms with E-state index >= 15 is 0 Å². The van der Waals surface area contributed by atoms with E-state index in [2.05, 4.69) is 13.8 Å². The molecule has 0 aromatic carbocycles. The minimum Gasteiger partial charge on any atom is -0.435 e. The van der Waals surface area contributed by atoms with Crippen LogP contribution in [0.3, 0.4) is 0 Å². The van der Waals surface area contributed by atoms with Gasteiger partial charge in [-0.3, -0.25) is 4.79 Å². The van der Waals surface area contributed by atoms with Crippen molar-refractivity contribution in [1.82, 2.24) is 0 Å². The summed E-state index contributed by atoms with van der Waals surface area (Å²) in [5, 5.41) is 0. The van der Waals surface area contributed by atoms with E-state index in [1.165, 1.54) is 0 Å². The quantitative estimate of drug-likeness (QED) is 0.581. The minimum absolute atomic E-state index is 0.0479. The van der Waals surface area contributed by atoms with Gasteiger partial charge in [-0.05, 0) is 32.1 Å². The summed E-state index contributed by atoms with van der Waals surface area (Å²) in [5.74, 6) is 0.115. The fraction of sp³-hybridized carbons (Fsp3) is 0.944. The summed E-state index contributed by atoms with van der Waals surface area (Å²) in [6, 6.07) is 0. The van der Waals surface area contributed by atoms with Crippen molar-refractivity contribution < 1.29 is 28.8 Å². The van der Waals surface area contributed by atoms with Crippen molar-refractivity contribution in [2.75, 3.05) is 0 Å². The standard InChI is InChI=1S/C18H28O6/c1-5-6-14(19)20-15-11(3)12-8-7-10(2)13-9-17(4)22-16(21-15)18(12,13)24-23-17/h10-13,15-16H,5-9H2,1-4H3/t10-,11-,12?,13?,15?,16-,17?,18+/m1/s1. The number of rotatable bonds is 3. The number of hydrogen-bond acceptors (Lipinski definition) is 6. The molecule has 4 aliphatic heterocycles. The SMILES string of the molecule is CCCC(=O)OC1O[C@@H]2OC3(C)CC4[C@H](C)CCC([C@H]1C)[C@]42OO3. The summed E-state index contributed by atoms with van der Waals surface area (Å²) in [7, 11) is 0. The Balaban J connectivity index is 1.63. The van der Waals surface area contributed by atoms with Crippen LogP contribution < -0.4 is 0 Å². The molecule has 6 nitrogen and oxygen atoms in total. The van der Waals surface area contributed by atoms with Crippen LogP contribution in [0.25, 0.3) is 0 Å². The van der Waals surface area contributed by atoms with Crippen molar-refractivity contribution in [2.45, 2.75) is 83.8 Å². The van der Waals surface area contributed by atoms with Gasteiger partial charge in [-0.15, -0.1) is 0 Å². The number of ether oxygens (including phenoxy) is 3. The topological polar surface area (TPSA) is 63.2 Å². The number of carbonyl (C=O) groups is 1. The zero-order chi connectivity index (χ0) is 17.1. The van der Waals surface area contributed by atoms with Gasteiger partial charge in [0.25, 0.3) is 0 Å². The molecule has 5 aliphatic rings. The van der Waals surface area contributed by atoms with Crippen LogP contribution in [0.15, 0.2) is 0 Å². The van der Waals surface area contributed by atoms with E-state index in [0.29, 0.717) is 18.3 Å². The Bertz CT molecular complexity index is 524.